The van der Waals surface area contributed by atoms with Crippen LogP contribution in [-0.2, 0) is 0 Å². The Morgan fingerprint density at radius 2 is 1.68 bits per heavy atom. The number of benzene rings is 2. The molecule has 6 heteroatoms. The van der Waals surface area contributed by atoms with E-state index in [1.807, 2.05) is 0 Å². The van der Waals surface area contributed by atoms with Crippen LogP contribution in [0.15, 0.2) is 48.5 Å². The second kappa shape index (κ2) is 7.74. The third-order valence-corrected chi connectivity index (χ3v) is 5.84. The molecule has 0 saturated heterocycles. The van der Waals surface area contributed by atoms with E-state index in [2.05, 4.69) is 63.0 Å². The van der Waals surface area contributed by atoms with Crippen molar-refractivity contribution in [2.75, 3.05) is 6.61 Å². The number of alkyl halides is 2. The fraction of sp³-hybridized carbons (Fsp3) is 0.250. The van der Waals surface area contributed by atoms with Crippen molar-refractivity contribution in [3.8, 4) is 5.75 Å². The van der Waals surface area contributed by atoms with E-state index in [4.69, 9.17) is 4.74 Å². The van der Waals surface area contributed by atoms with E-state index in [9.17, 15) is 10.1 Å². The Balaban J connectivity index is 1.92. The number of hydrogen-bond donors (Lipinski definition) is 0. The first kappa shape index (κ1) is 17.0. The molecule has 2 rings (SSSR count). The van der Waals surface area contributed by atoms with Gasteiger partial charge in [0.1, 0.15) is 12.4 Å². The molecule has 2 atom stereocenters. The van der Waals surface area contributed by atoms with Gasteiger partial charge in [-0.2, -0.15) is 0 Å². The molecule has 0 saturated carbocycles. The Hall–Kier alpha value is -1.40. The normalized spacial score (nSPS) is 13.4. The molecule has 2 unspecified atom stereocenters. The van der Waals surface area contributed by atoms with Gasteiger partial charge in [-0.15, -0.1) is 0 Å². The number of halogens is 2. The van der Waals surface area contributed by atoms with Gasteiger partial charge >= 0.3 is 0 Å². The van der Waals surface area contributed by atoms with E-state index in [0.717, 1.165) is 0 Å². The zero-order valence-corrected chi connectivity index (χ0v) is 15.1. The minimum absolute atomic E-state index is 0.0563. The van der Waals surface area contributed by atoms with Gasteiger partial charge in [-0.3, -0.25) is 10.1 Å². The van der Waals surface area contributed by atoms with Crippen molar-refractivity contribution in [3.05, 3.63) is 69.8 Å². The van der Waals surface area contributed by atoms with Gasteiger partial charge in [-0.1, -0.05) is 61.7 Å². The predicted molar refractivity (Wildman–Crippen MR) is 94.2 cm³/mol. The van der Waals surface area contributed by atoms with E-state index < -0.39 is 4.92 Å². The number of nitro groups is 1. The molecule has 116 valence electrons. The van der Waals surface area contributed by atoms with E-state index in [1.54, 1.807) is 12.1 Å². The first-order valence-electron chi connectivity index (χ1n) is 6.69. The molecule has 0 aliphatic carbocycles. The van der Waals surface area contributed by atoms with E-state index in [0.29, 0.717) is 12.4 Å². The highest BCUT2D eigenvalue weighted by molar-refractivity contribution is 9.12. The Morgan fingerprint density at radius 1 is 1.09 bits per heavy atom. The molecule has 0 aromatic heterocycles. The number of nitro benzene ring substituents is 1. The summed E-state index contributed by atoms with van der Waals surface area (Å²) in [6.45, 7) is 2.50. The van der Waals surface area contributed by atoms with Crippen molar-refractivity contribution >= 4 is 37.5 Å². The van der Waals surface area contributed by atoms with Crippen molar-refractivity contribution < 1.29 is 9.66 Å². The highest BCUT2D eigenvalue weighted by Gasteiger charge is 2.18. The summed E-state index contributed by atoms with van der Waals surface area (Å²) in [6, 6.07) is 14.4. The van der Waals surface area contributed by atoms with Gasteiger partial charge in [0.25, 0.3) is 5.69 Å². The summed E-state index contributed by atoms with van der Waals surface area (Å²) in [5.41, 5.74) is 2.44. The van der Waals surface area contributed by atoms with Crippen LogP contribution < -0.4 is 4.74 Å². The summed E-state index contributed by atoms with van der Waals surface area (Å²) in [4.78, 5) is 10.4. The fourth-order valence-electron chi connectivity index (χ4n) is 1.88. The molecule has 22 heavy (non-hydrogen) atoms. The number of ether oxygens (including phenoxy) is 1. The molecule has 0 aliphatic heterocycles. The van der Waals surface area contributed by atoms with Crippen LogP contribution in [0.4, 0.5) is 5.69 Å². The van der Waals surface area contributed by atoms with Crippen molar-refractivity contribution in [2.24, 2.45) is 0 Å². The summed E-state index contributed by atoms with van der Waals surface area (Å²) in [7, 11) is 0. The first-order valence-corrected chi connectivity index (χ1v) is 8.52. The lowest BCUT2D eigenvalue weighted by Gasteiger charge is -2.18. The lowest BCUT2D eigenvalue weighted by Crippen LogP contribution is -2.16. The Morgan fingerprint density at radius 3 is 2.23 bits per heavy atom. The van der Waals surface area contributed by atoms with E-state index in [-0.39, 0.29) is 15.3 Å². The molecule has 2 aromatic carbocycles. The SMILES string of the molecule is Cc1ccc(C(Br)C(Br)COc2ccc([N+](=O)[O-])cc2)cc1. The molecule has 0 fully saturated rings. The maximum absolute atomic E-state index is 10.6. The molecule has 0 amide bonds. The Labute approximate surface area is 145 Å². The lowest BCUT2D eigenvalue weighted by molar-refractivity contribution is -0.384. The van der Waals surface area contributed by atoms with Crippen LogP contribution in [0.2, 0.25) is 0 Å². The molecule has 0 bridgehead atoms. The van der Waals surface area contributed by atoms with Crippen LogP contribution in [0, 0.1) is 17.0 Å². The summed E-state index contributed by atoms with van der Waals surface area (Å²) in [6.07, 6.45) is 0. The maximum atomic E-state index is 10.6. The van der Waals surface area contributed by atoms with Crippen LogP contribution in [-0.4, -0.2) is 16.4 Å². The molecule has 0 heterocycles. The smallest absolute Gasteiger partial charge is 0.269 e. The number of nitrogens with zero attached hydrogens (tertiary/aromatic N) is 1. The number of non-ortho nitro benzene ring substituents is 1. The average Bonchev–Trinajstić information content (AvgIpc) is 2.53. The van der Waals surface area contributed by atoms with Gasteiger partial charge in [0.05, 0.1) is 14.6 Å². The minimum Gasteiger partial charge on any atom is -0.492 e. The highest BCUT2D eigenvalue weighted by atomic mass is 79.9. The van der Waals surface area contributed by atoms with E-state index >= 15 is 0 Å². The quantitative estimate of drug-likeness (QED) is 0.361. The molecule has 2 aromatic rings. The van der Waals surface area contributed by atoms with Crippen LogP contribution in [0.25, 0.3) is 0 Å². The molecule has 4 nitrogen and oxygen atoms in total. The lowest BCUT2D eigenvalue weighted by atomic mass is 10.1. The zero-order valence-electron chi connectivity index (χ0n) is 11.9. The Kier molecular flexibility index (Phi) is 5.97. The number of rotatable bonds is 6. The fourth-order valence-corrected chi connectivity index (χ4v) is 2.78. The van der Waals surface area contributed by atoms with Gasteiger partial charge < -0.3 is 4.74 Å². The van der Waals surface area contributed by atoms with Gasteiger partial charge in [-0.05, 0) is 24.6 Å². The number of aryl methyl sites for hydroxylation is 1. The van der Waals surface area contributed by atoms with Gasteiger partial charge in [0.2, 0.25) is 0 Å². The van der Waals surface area contributed by atoms with Crippen LogP contribution in [0.1, 0.15) is 16.0 Å². The maximum Gasteiger partial charge on any atom is 0.269 e. The third-order valence-electron chi connectivity index (χ3n) is 3.17. The monoisotopic (exact) mass is 427 g/mol. The molecular formula is C16H15Br2NO3. The third kappa shape index (κ3) is 4.55. The highest BCUT2D eigenvalue weighted by Crippen LogP contribution is 2.32. The first-order chi connectivity index (χ1) is 10.5. The average molecular weight is 429 g/mol. The summed E-state index contributed by atoms with van der Waals surface area (Å²) < 4.78 is 5.67. The Bertz CT molecular complexity index is 629. The van der Waals surface area contributed by atoms with Crippen LogP contribution in [0.5, 0.6) is 5.75 Å². The summed E-state index contributed by atoms with van der Waals surface area (Å²) >= 11 is 7.28. The van der Waals surface area contributed by atoms with Crippen molar-refractivity contribution in [1.82, 2.24) is 0 Å². The van der Waals surface area contributed by atoms with Crippen molar-refractivity contribution in [2.45, 2.75) is 16.6 Å². The van der Waals surface area contributed by atoms with Crippen molar-refractivity contribution in [1.29, 1.82) is 0 Å². The summed E-state index contributed by atoms with van der Waals surface area (Å²) in [5, 5.41) is 10.6. The van der Waals surface area contributed by atoms with Gasteiger partial charge in [0, 0.05) is 12.1 Å². The van der Waals surface area contributed by atoms with E-state index in [1.165, 1.54) is 23.3 Å². The molecular weight excluding hydrogens is 414 g/mol. The topological polar surface area (TPSA) is 52.4 Å². The van der Waals surface area contributed by atoms with Gasteiger partial charge in [-0.25, -0.2) is 0 Å². The zero-order chi connectivity index (χ0) is 16.1. The standard InChI is InChI=1S/C16H15Br2NO3/c1-11-2-4-12(5-3-11)16(18)15(17)10-22-14-8-6-13(7-9-14)19(20)21/h2-9,15-16H,10H2,1H3. The van der Waals surface area contributed by atoms with Crippen LogP contribution >= 0.6 is 31.9 Å². The van der Waals surface area contributed by atoms with Crippen molar-refractivity contribution in [3.63, 3.8) is 0 Å². The molecule has 0 aliphatic rings. The summed E-state index contributed by atoms with van der Waals surface area (Å²) in [5.74, 6) is 0.610. The van der Waals surface area contributed by atoms with Gasteiger partial charge in [0.15, 0.2) is 0 Å². The number of hydrogen-bond acceptors (Lipinski definition) is 3. The largest absolute Gasteiger partial charge is 0.492 e. The molecule has 0 radical (unpaired) electrons. The predicted octanol–water partition coefficient (Wildman–Crippen LogP) is 5.18. The minimum atomic E-state index is -0.428. The second-order valence-corrected chi connectivity index (χ2v) is 7.05. The molecule has 0 N–H and O–H groups in total. The second-order valence-electron chi connectivity index (χ2n) is 4.89. The van der Waals surface area contributed by atoms with Crippen LogP contribution in [0.3, 0.4) is 0 Å². The molecule has 0 spiro atoms.